The van der Waals surface area contributed by atoms with E-state index in [9.17, 15) is 4.79 Å². The maximum atomic E-state index is 12.2. The Hall–Kier alpha value is -1.36. The second-order valence-corrected chi connectivity index (χ2v) is 6.00. The number of carbonyl (C=O) groups is 1. The molecule has 4 nitrogen and oxygen atoms in total. The number of nitrogens with two attached hydrogens (primary N) is 1. The number of rotatable bonds is 7. The van der Waals surface area contributed by atoms with Crippen LogP contribution >= 0.6 is 11.8 Å². The lowest BCUT2D eigenvalue weighted by molar-refractivity contribution is 0.0950. The molecule has 0 atom stereocenters. The van der Waals surface area contributed by atoms with Gasteiger partial charge in [-0.3, -0.25) is 4.79 Å². The minimum absolute atomic E-state index is 0.0941. The van der Waals surface area contributed by atoms with Gasteiger partial charge in [0.2, 0.25) is 0 Å². The first-order valence-corrected chi connectivity index (χ1v) is 8.01. The number of nitrogen functional groups attached to an aromatic ring is 1. The van der Waals surface area contributed by atoms with E-state index >= 15 is 0 Å². The van der Waals surface area contributed by atoms with Crippen molar-refractivity contribution in [1.82, 2.24) is 5.32 Å². The molecule has 0 heterocycles. The minimum atomic E-state index is -0.134. The van der Waals surface area contributed by atoms with Gasteiger partial charge >= 0.3 is 0 Å². The zero-order valence-corrected chi connectivity index (χ0v) is 13.5. The van der Waals surface area contributed by atoms with Gasteiger partial charge in [-0.2, -0.15) is 11.8 Å². The fourth-order valence-electron chi connectivity index (χ4n) is 2.07. The fraction of sp³-hybridized carbons (Fsp3) is 0.533. The van der Waals surface area contributed by atoms with Crippen LogP contribution in [0.15, 0.2) is 18.2 Å². The van der Waals surface area contributed by atoms with Crippen LogP contribution in [0.2, 0.25) is 0 Å². The number of thioether (sulfide) groups is 1. The average molecular weight is 296 g/mol. The molecule has 5 heteroatoms. The Bertz CT molecular complexity index is 451. The number of carbonyl (C=O) groups excluding carboxylic acids is 1. The van der Waals surface area contributed by atoms with Crippen LogP contribution in [0.3, 0.4) is 0 Å². The highest BCUT2D eigenvalue weighted by Crippen LogP contribution is 2.29. The molecule has 0 unspecified atom stereocenters. The maximum Gasteiger partial charge on any atom is 0.253 e. The average Bonchev–Trinajstić information content (AvgIpc) is 2.48. The Labute approximate surface area is 125 Å². The lowest BCUT2D eigenvalue weighted by atomic mass is 10.0. The highest BCUT2D eigenvalue weighted by Gasteiger charge is 2.25. The van der Waals surface area contributed by atoms with Crippen molar-refractivity contribution in [2.24, 2.45) is 0 Å². The fourth-order valence-corrected chi connectivity index (χ4v) is 2.87. The lowest BCUT2D eigenvalue weighted by Gasteiger charge is -2.29. The van der Waals surface area contributed by atoms with Crippen LogP contribution in [0.1, 0.15) is 37.0 Å². The molecule has 1 rings (SSSR count). The quantitative estimate of drug-likeness (QED) is 0.759. The van der Waals surface area contributed by atoms with Crippen molar-refractivity contribution in [3.05, 3.63) is 23.8 Å². The monoisotopic (exact) mass is 296 g/mol. The molecule has 0 saturated carbocycles. The van der Waals surface area contributed by atoms with Crippen LogP contribution in [0.25, 0.3) is 0 Å². The van der Waals surface area contributed by atoms with E-state index in [1.54, 1.807) is 37.1 Å². The van der Waals surface area contributed by atoms with Crippen LogP contribution in [0.4, 0.5) is 5.69 Å². The van der Waals surface area contributed by atoms with Gasteiger partial charge in [-0.15, -0.1) is 0 Å². The van der Waals surface area contributed by atoms with E-state index in [2.05, 4.69) is 25.4 Å². The first kappa shape index (κ1) is 16.7. The first-order valence-electron chi connectivity index (χ1n) is 6.78. The third-order valence-electron chi connectivity index (χ3n) is 3.80. The highest BCUT2D eigenvalue weighted by atomic mass is 32.2. The number of hydrogen-bond donors (Lipinski definition) is 2. The highest BCUT2D eigenvalue weighted by molar-refractivity contribution is 8.00. The molecule has 0 spiro atoms. The number of nitrogens with one attached hydrogen (secondary N) is 1. The molecule has 0 saturated heterocycles. The van der Waals surface area contributed by atoms with Gasteiger partial charge < -0.3 is 15.8 Å². The summed E-state index contributed by atoms with van der Waals surface area (Å²) in [6.07, 6.45) is 4.12. The van der Waals surface area contributed by atoms with Crippen molar-refractivity contribution in [2.75, 3.05) is 25.6 Å². The standard InChI is InChI=1S/C15H24N2O2S/c1-5-15(6-2,20-4)10-17-14(18)12-8-7-11(19-3)9-13(12)16/h7-9H,5-6,10,16H2,1-4H3,(H,17,18). The molecule has 20 heavy (non-hydrogen) atoms. The Kier molecular flexibility index (Phi) is 6.20. The molecule has 1 amide bonds. The summed E-state index contributed by atoms with van der Waals surface area (Å²) in [7, 11) is 1.57. The molecule has 0 radical (unpaired) electrons. The number of amides is 1. The number of benzene rings is 1. The summed E-state index contributed by atoms with van der Waals surface area (Å²) >= 11 is 1.80. The van der Waals surface area contributed by atoms with E-state index < -0.39 is 0 Å². The van der Waals surface area contributed by atoms with Gasteiger partial charge in [-0.25, -0.2) is 0 Å². The maximum absolute atomic E-state index is 12.2. The molecule has 0 fully saturated rings. The largest absolute Gasteiger partial charge is 0.497 e. The second kappa shape index (κ2) is 7.43. The summed E-state index contributed by atoms with van der Waals surface area (Å²) in [5.41, 5.74) is 6.82. The van der Waals surface area contributed by atoms with Gasteiger partial charge in [-0.05, 0) is 31.2 Å². The molecule has 3 N–H and O–H groups in total. The molecular weight excluding hydrogens is 272 g/mol. The molecule has 0 aliphatic rings. The van der Waals surface area contributed by atoms with Gasteiger partial charge in [0, 0.05) is 23.0 Å². The number of ether oxygens (including phenoxy) is 1. The van der Waals surface area contributed by atoms with Gasteiger partial charge in [0.05, 0.1) is 12.7 Å². The number of anilines is 1. The smallest absolute Gasteiger partial charge is 0.253 e. The van der Waals surface area contributed by atoms with E-state index in [1.807, 2.05) is 0 Å². The minimum Gasteiger partial charge on any atom is -0.497 e. The topological polar surface area (TPSA) is 64.3 Å². The predicted octanol–water partition coefficient (Wildman–Crippen LogP) is 2.93. The van der Waals surface area contributed by atoms with Crippen molar-refractivity contribution >= 4 is 23.4 Å². The van der Waals surface area contributed by atoms with Crippen LogP contribution in [-0.4, -0.2) is 30.6 Å². The van der Waals surface area contributed by atoms with E-state index in [-0.39, 0.29) is 10.7 Å². The van der Waals surface area contributed by atoms with Gasteiger partial charge in [-0.1, -0.05) is 13.8 Å². The zero-order valence-electron chi connectivity index (χ0n) is 12.7. The summed E-state index contributed by atoms with van der Waals surface area (Å²) in [4.78, 5) is 12.2. The van der Waals surface area contributed by atoms with Crippen LogP contribution < -0.4 is 15.8 Å². The Balaban J connectivity index is 2.77. The first-order chi connectivity index (χ1) is 9.51. The molecule has 0 aliphatic heterocycles. The zero-order chi connectivity index (χ0) is 15.2. The van der Waals surface area contributed by atoms with Gasteiger partial charge in [0.15, 0.2) is 0 Å². The second-order valence-electron chi connectivity index (χ2n) is 4.73. The molecule has 1 aromatic carbocycles. The lowest BCUT2D eigenvalue weighted by Crippen LogP contribution is -2.39. The van der Waals surface area contributed by atoms with Crippen LogP contribution in [0, 0.1) is 0 Å². The van der Waals surface area contributed by atoms with Gasteiger partial charge in [0.1, 0.15) is 5.75 Å². The van der Waals surface area contributed by atoms with Crippen molar-refractivity contribution in [3.8, 4) is 5.75 Å². The Morgan fingerprint density at radius 1 is 1.40 bits per heavy atom. The molecule has 0 aromatic heterocycles. The summed E-state index contributed by atoms with van der Waals surface area (Å²) in [6.45, 7) is 4.94. The normalized spacial score (nSPS) is 11.2. The van der Waals surface area contributed by atoms with E-state index in [4.69, 9.17) is 10.5 Å². The summed E-state index contributed by atoms with van der Waals surface area (Å²) in [6, 6.07) is 5.10. The Morgan fingerprint density at radius 3 is 2.50 bits per heavy atom. The number of methoxy groups -OCH3 is 1. The molecule has 112 valence electrons. The molecular formula is C15H24N2O2S. The van der Waals surface area contributed by atoms with Crippen LogP contribution in [-0.2, 0) is 0 Å². The third-order valence-corrected chi connectivity index (χ3v) is 5.38. The predicted molar refractivity (Wildman–Crippen MR) is 86.6 cm³/mol. The molecule has 1 aromatic rings. The van der Waals surface area contributed by atoms with E-state index in [1.165, 1.54) is 0 Å². The van der Waals surface area contributed by atoms with Crippen molar-refractivity contribution in [1.29, 1.82) is 0 Å². The van der Waals surface area contributed by atoms with Crippen molar-refractivity contribution < 1.29 is 9.53 Å². The summed E-state index contributed by atoms with van der Waals surface area (Å²) < 4.78 is 5.18. The van der Waals surface area contributed by atoms with E-state index in [0.29, 0.717) is 23.5 Å². The third kappa shape index (κ3) is 3.82. The van der Waals surface area contributed by atoms with Crippen LogP contribution in [0.5, 0.6) is 5.75 Å². The van der Waals surface area contributed by atoms with Crippen molar-refractivity contribution in [2.45, 2.75) is 31.4 Å². The summed E-state index contributed by atoms with van der Waals surface area (Å²) in [5.74, 6) is 0.519. The molecule has 0 bridgehead atoms. The SMILES string of the molecule is CCC(CC)(CNC(=O)c1ccc(OC)cc1N)SC. The number of hydrogen-bond acceptors (Lipinski definition) is 4. The van der Waals surface area contributed by atoms with Crippen molar-refractivity contribution in [3.63, 3.8) is 0 Å². The summed E-state index contributed by atoms with van der Waals surface area (Å²) in [5, 5.41) is 2.99. The van der Waals surface area contributed by atoms with E-state index in [0.717, 1.165) is 12.8 Å². The van der Waals surface area contributed by atoms with Gasteiger partial charge in [0.25, 0.3) is 5.91 Å². The Morgan fingerprint density at radius 2 is 2.05 bits per heavy atom. The molecule has 0 aliphatic carbocycles.